The zero-order valence-corrected chi connectivity index (χ0v) is 11.8. The third kappa shape index (κ3) is 3.96. The number of hydrogen-bond donors (Lipinski definition) is 2. The molecular weight excluding hydrogens is 240 g/mol. The summed E-state index contributed by atoms with van der Waals surface area (Å²) in [6.07, 6.45) is -0.345. The minimum atomic E-state index is -0.460. The Balaban J connectivity index is 1.98. The zero-order chi connectivity index (χ0) is 13.9. The van der Waals surface area contributed by atoms with Crippen LogP contribution in [0, 0.1) is 0 Å². The Morgan fingerprint density at radius 1 is 1.26 bits per heavy atom. The van der Waals surface area contributed by atoms with Crippen LogP contribution in [0.15, 0.2) is 30.3 Å². The van der Waals surface area contributed by atoms with E-state index >= 15 is 0 Å². The van der Waals surface area contributed by atoms with E-state index in [1.165, 1.54) is 5.56 Å². The van der Waals surface area contributed by atoms with Gasteiger partial charge in [0.2, 0.25) is 0 Å². The van der Waals surface area contributed by atoms with Crippen LogP contribution in [0.1, 0.15) is 32.3 Å². The number of nitrogens with one attached hydrogen (secondary N) is 2. The second kappa shape index (κ2) is 5.61. The number of benzene rings is 1. The number of ether oxygens (including phenoxy) is 1. The molecule has 1 heterocycles. The minimum Gasteiger partial charge on any atom is -0.444 e. The molecule has 1 aliphatic heterocycles. The molecule has 1 aromatic carbocycles. The normalized spacial score (nSPS) is 23.1. The van der Waals surface area contributed by atoms with E-state index in [9.17, 15) is 4.79 Å². The summed E-state index contributed by atoms with van der Waals surface area (Å²) >= 11 is 0. The fraction of sp³-hybridized carbons (Fsp3) is 0.533. The van der Waals surface area contributed by atoms with E-state index < -0.39 is 5.60 Å². The van der Waals surface area contributed by atoms with Crippen molar-refractivity contribution < 1.29 is 9.53 Å². The predicted molar refractivity (Wildman–Crippen MR) is 75.2 cm³/mol. The van der Waals surface area contributed by atoms with Gasteiger partial charge in [-0.25, -0.2) is 4.79 Å². The van der Waals surface area contributed by atoms with E-state index in [0.717, 1.165) is 13.1 Å². The molecule has 2 N–H and O–H groups in total. The highest BCUT2D eigenvalue weighted by atomic mass is 16.6. The van der Waals surface area contributed by atoms with Gasteiger partial charge in [-0.3, -0.25) is 0 Å². The van der Waals surface area contributed by atoms with Gasteiger partial charge < -0.3 is 15.4 Å². The molecule has 1 aliphatic rings. The Bertz CT molecular complexity index is 426. The van der Waals surface area contributed by atoms with Gasteiger partial charge in [-0.2, -0.15) is 0 Å². The molecule has 2 rings (SSSR count). The van der Waals surface area contributed by atoms with E-state index in [2.05, 4.69) is 22.8 Å². The smallest absolute Gasteiger partial charge is 0.407 e. The van der Waals surface area contributed by atoms with Crippen molar-refractivity contribution in [3.05, 3.63) is 35.9 Å². The van der Waals surface area contributed by atoms with Crippen LogP contribution < -0.4 is 10.6 Å². The summed E-state index contributed by atoms with van der Waals surface area (Å²) in [4.78, 5) is 11.8. The van der Waals surface area contributed by atoms with Crippen molar-refractivity contribution >= 4 is 6.09 Å². The van der Waals surface area contributed by atoms with Crippen molar-refractivity contribution in [2.75, 3.05) is 13.1 Å². The molecule has 4 nitrogen and oxygen atoms in total. The molecule has 2 atom stereocenters. The fourth-order valence-corrected chi connectivity index (χ4v) is 2.34. The van der Waals surface area contributed by atoms with Gasteiger partial charge >= 0.3 is 6.09 Å². The van der Waals surface area contributed by atoms with Gasteiger partial charge in [0.15, 0.2) is 0 Å². The van der Waals surface area contributed by atoms with Gasteiger partial charge in [-0.1, -0.05) is 30.3 Å². The zero-order valence-electron chi connectivity index (χ0n) is 11.8. The van der Waals surface area contributed by atoms with Gasteiger partial charge in [0.1, 0.15) is 5.60 Å². The highest BCUT2D eigenvalue weighted by Crippen LogP contribution is 2.22. The third-order valence-electron chi connectivity index (χ3n) is 3.14. The molecule has 0 bridgehead atoms. The van der Waals surface area contributed by atoms with Gasteiger partial charge in [-0.15, -0.1) is 0 Å². The van der Waals surface area contributed by atoms with Crippen LogP contribution in [0.25, 0.3) is 0 Å². The number of carbonyl (C=O) groups is 1. The lowest BCUT2D eigenvalue weighted by Crippen LogP contribution is -2.42. The number of carbonyl (C=O) groups excluding carboxylic acids is 1. The molecule has 0 aromatic heterocycles. The maximum atomic E-state index is 11.8. The molecule has 4 heteroatoms. The molecule has 1 saturated heterocycles. The number of amides is 1. The molecule has 0 saturated carbocycles. The van der Waals surface area contributed by atoms with Crippen LogP contribution in [0.3, 0.4) is 0 Å². The first-order valence-corrected chi connectivity index (χ1v) is 6.71. The fourth-order valence-electron chi connectivity index (χ4n) is 2.34. The molecule has 0 unspecified atom stereocenters. The molecule has 1 fully saturated rings. The topological polar surface area (TPSA) is 50.4 Å². The first kappa shape index (κ1) is 13.9. The van der Waals surface area contributed by atoms with Crippen LogP contribution in [0.4, 0.5) is 4.79 Å². The molecular formula is C15H22N2O2. The number of alkyl carbamates (subject to hydrolysis) is 1. The largest absolute Gasteiger partial charge is 0.444 e. The molecule has 1 amide bonds. The number of rotatable bonds is 2. The lowest BCUT2D eigenvalue weighted by molar-refractivity contribution is 0.0504. The van der Waals surface area contributed by atoms with Crippen molar-refractivity contribution in [1.82, 2.24) is 10.6 Å². The summed E-state index contributed by atoms with van der Waals surface area (Å²) in [6.45, 7) is 7.26. The summed E-state index contributed by atoms with van der Waals surface area (Å²) in [5.74, 6) is 0.300. The second-order valence-electron chi connectivity index (χ2n) is 5.93. The van der Waals surface area contributed by atoms with Crippen LogP contribution in [-0.2, 0) is 4.74 Å². The van der Waals surface area contributed by atoms with Crippen LogP contribution in [-0.4, -0.2) is 30.8 Å². The Kier molecular flexibility index (Phi) is 4.10. The van der Waals surface area contributed by atoms with Gasteiger partial charge in [0.25, 0.3) is 0 Å². The SMILES string of the molecule is CC(C)(C)OC(=O)N[C@H]1CNC[C@H]1c1ccccc1. The summed E-state index contributed by atoms with van der Waals surface area (Å²) < 4.78 is 5.31. The summed E-state index contributed by atoms with van der Waals surface area (Å²) in [5, 5.41) is 6.28. The molecule has 1 aromatic rings. The lowest BCUT2D eigenvalue weighted by atomic mass is 9.94. The molecule has 0 aliphatic carbocycles. The van der Waals surface area contributed by atoms with Crippen molar-refractivity contribution in [3.63, 3.8) is 0 Å². The van der Waals surface area contributed by atoms with Gasteiger partial charge in [0, 0.05) is 19.0 Å². The minimum absolute atomic E-state index is 0.0808. The van der Waals surface area contributed by atoms with E-state index in [1.807, 2.05) is 39.0 Å². The predicted octanol–water partition coefficient (Wildman–Crippen LogP) is 2.27. The molecule has 0 spiro atoms. The maximum absolute atomic E-state index is 11.8. The summed E-state index contributed by atoms with van der Waals surface area (Å²) in [6, 6.07) is 10.3. The Morgan fingerprint density at radius 2 is 1.95 bits per heavy atom. The molecule has 0 radical (unpaired) electrons. The van der Waals surface area contributed by atoms with Crippen LogP contribution in [0.5, 0.6) is 0 Å². The standard InChI is InChI=1S/C15H22N2O2/c1-15(2,3)19-14(18)17-13-10-16-9-12(13)11-7-5-4-6-8-11/h4-8,12-13,16H,9-10H2,1-3H3,(H,17,18)/t12-,13-/m0/s1. The first-order chi connectivity index (χ1) is 8.96. The van der Waals surface area contributed by atoms with E-state index in [1.54, 1.807) is 0 Å². The van der Waals surface area contributed by atoms with Crippen molar-refractivity contribution in [2.24, 2.45) is 0 Å². The Morgan fingerprint density at radius 3 is 2.58 bits per heavy atom. The van der Waals surface area contributed by atoms with Crippen LogP contribution in [0.2, 0.25) is 0 Å². The Hall–Kier alpha value is -1.55. The first-order valence-electron chi connectivity index (χ1n) is 6.71. The van der Waals surface area contributed by atoms with Crippen LogP contribution >= 0.6 is 0 Å². The lowest BCUT2D eigenvalue weighted by Gasteiger charge is -2.24. The third-order valence-corrected chi connectivity index (χ3v) is 3.14. The average molecular weight is 262 g/mol. The van der Waals surface area contributed by atoms with Crippen molar-refractivity contribution in [3.8, 4) is 0 Å². The maximum Gasteiger partial charge on any atom is 0.407 e. The van der Waals surface area contributed by atoms with E-state index in [-0.39, 0.29) is 12.1 Å². The Labute approximate surface area is 114 Å². The molecule has 19 heavy (non-hydrogen) atoms. The second-order valence-corrected chi connectivity index (χ2v) is 5.93. The van der Waals surface area contributed by atoms with Gasteiger partial charge in [0.05, 0.1) is 6.04 Å². The summed E-state index contributed by atoms with van der Waals surface area (Å²) in [7, 11) is 0. The van der Waals surface area contributed by atoms with E-state index in [4.69, 9.17) is 4.74 Å². The van der Waals surface area contributed by atoms with Crippen molar-refractivity contribution in [2.45, 2.75) is 38.3 Å². The van der Waals surface area contributed by atoms with Crippen molar-refractivity contribution in [1.29, 1.82) is 0 Å². The summed E-state index contributed by atoms with van der Waals surface area (Å²) in [5.41, 5.74) is 0.784. The quantitative estimate of drug-likeness (QED) is 0.859. The monoisotopic (exact) mass is 262 g/mol. The van der Waals surface area contributed by atoms with E-state index in [0.29, 0.717) is 5.92 Å². The molecule has 104 valence electrons. The number of hydrogen-bond acceptors (Lipinski definition) is 3. The highest BCUT2D eigenvalue weighted by Gasteiger charge is 2.30. The highest BCUT2D eigenvalue weighted by molar-refractivity contribution is 5.68. The average Bonchev–Trinajstić information content (AvgIpc) is 2.75. The van der Waals surface area contributed by atoms with Gasteiger partial charge in [-0.05, 0) is 26.3 Å².